The van der Waals surface area contributed by atoms with E-state index < -0.39 is 96.9 Å². The van der Waals surface area contributed by atoms with Gasteiger partial charge in [0.15, 0.2) is 0 Å². The number of carbonyl (C=O) groups excluding carboxylic acids is 4. The Morgan fingerprint density at radius 3 is 1.70 bits per heavy atom. The van der Waals surface area contributed by atoms with Gasteiger partial charge in [-0.2, -0.15) is 0 Å². The van der Waals surface area contributed by atoms with E-state index in [0.29, 0.717) is 6.42 Å². The Morgan fingerprint density at radius 2 is 1.27 bits per heavy atom. The number of carbonyl (C=O) groups is 7. The largest absolute Gasteiger partial charge is 0.481 e. The highest BCUT2D eigenvalue weighted by molar-refractivity contribution is 5.96. The molecule has 0 saturated heterocycles. The van der Waals surface area contributed by atoms with Crippen LogP contribution in [0, 0.1) is 11.8 Å². The number of carboxylic acids is 3. The van der Waals surface area contributed by atoms with Crippen LogP contribution in [0.25, 0.3) is 0 Å². The molecule has 4 amide bonds. The third kappa shape index (κ3) is 12.2. The summed E-state index contributed by atoms with van der Waals surface area (Å²) in [6, 6.07) is -5.63. The Labute approximate surface area is 213 Å². The highest BCUT2D eigenvalue weighted by Crippen LogP contribution is 2.11. The van der Waals surface area contributed by atoms with E-state index in [1.54, 1.807) is 13.8 Å². The first-order valence-electron chi connectivity index (χ1n) is 11.7. The first-order chi connectivity index (χ1) is 17.1. The predicted octanol–water partition coefficient (Wildman–Crippen LogP) is -1.99. The van der Waals surface area contributed by atoms with Crippen LogP contribution in [-0.4, -0.2) is 87.6 Å². The fourth-order valence-electron chi connectivity index (χ4n) is 3.16. The number of hydrogen-bond acceptors (Lipinski definition) is 8. The highest BCUT2D eigenvalue weighted by atomic mass is 16.4. The molecule has 0 rings (SSSR count). The summed E-state index contributed by atoms with van der Waals surface area (Å²) in [5.41, 5.74) is 5.24. The Morgan fingerprint density at radius 1 is 0.730 bits per heavy atom. The minimum absolute atomic E-state index is 0.294. The van der Waals surface area contributed by atoms with Crippen LogP contribution < -0.4 is 27.0 Å². The van der Waals surface area contributed by atoms with E-state index in [-0.39, 0.29) is 6.42 Å². The van der Waals surface area contributed by atoms with Gasteiger partial charge < -0.3 is 42.3 Å². The van der Waals surface area contributed by atoms with Gasteiger partial charge in [0.25, 0.3) is 0 Å². The van der Waals surface area contributed by atoms with Gasteiger partial charge in [-0.25, -0.2) is 4.79 Å². The van der Waals surface area contributed by atoms with Crippen molar-refractivity contribution in [2.45, 2.75) is 77.5 Å². The molecule has 0 unspecified atom stereocenters. The quantitative estimate of drug-likeness (QED) is 0.102. The van der Waals surface area contributed by atoms with Crippen LogP contribution in [-0.2, 0) is 33.6 Å². The van der Waals surface area contributed by atoms with Crippen LogP contribution in [0.1, 0.15) is 53.4 Å². The molecule has 0 fully saturated rings. The van der Waals surface area contributed by atoms with Gasteiger partial charge in [0.2, 0.25) is 23.6 Å². The van der Waals surface area contributed by atoms with E-state index in [1.807, 2.05) is 0 Å². The van der Waals surface area contributed by atoms with Crippen molar-refractivity contribution in [3.63, 3.8) is 0 Å². The van der Waals surface area contributed by atoms with E-state index in [9.17, 15) is 43.8 Å². The second-order valence-corrected chi connectivity index (χ2v) is 8.86. The van der Waals surface area contributed by atoms with E-state index in [2.05, 4.69) is 21.3 Å². The summed E-state index contributed by atoms with van der Waals surface area (Å²) in [7, 11) is 0. The van der Waals surface area contributed by atoms with Crippen LogP contribution in [0.5, 0.6) is 0 Å². The van der Waals surface area contributed by atoms with E-state index >= 15 is 0 Å². The van der Waals surface area contributed by atoms with Crippen molar-refractivity contribution >= 4 is 41.5 Å². The number of nitrogens with one attached hydrogen (secondary N) is 4. The third-order valence-electron chi connectivity index (χ3n) is 5.52. The Balaban J connectivity index is 5.83. The molecule has 15 nitrogen and oxygen atoms in total. The molecule has 0 aliphatic heterocycles. The van der Waals surface area contributed by atoms with Crippen LogP contribution in [0.2, 0.25) is 0 Å². The van der Waals surface area contributed by atoms with E-state index in [0.717, 1.165) is 0 Å². The zero-order chi connectivity index (χ0) is 28.9. The van der Waals surface area contributed by atoms with Gasteiger partial charge in [0.05, 0.1) is 13.0 Å². The molecule has 0 heterocycles. The van der Waals surface area contributed by atoms with Crippen molar-refractivity contribution in [1.29, 1.82) is 0 Å². The maximum atomic E-state index is 13.1. The lowest BCUT2D eigenvalue weighted by molar-refractivity contribution is -0.145. The first-order valence-corrected chi connectivity index (χ1v) is 11.7. The molecule has 0 radical (unpaired) electrons. The number of hydrogen-bond donors (Lipinski definition) is 8. The molecular weight excluding hydrogens is 494 g/mol. The average Bonchev–Trinajstić information content (AvgIpc) is 2.80. The summed E-state index contributed by atoms with van der Waals surface area (Å²) < 4.78 is 0. The second kappa shape index (κ2) is 16.1. The summed E-state index contributed by atoms with van der Waals surface area (Å²) in [5, 5.41) is 36.6. The van der Waals surface area contributed by atoms with Crippen molar-refractivity contribution in [2.75, 3.05) is 6.54 Å². The molecule has 0 aromatic carbocycles. The molecule has 0 aromatic heterocycles. The van der Waals surface area contributed by atoms with Gasteiger partial charge in [0, 0.05) is 6.42 Å². The molecule has 0 aliphatic carbocycles. The normalized spacial score (nSPS) is 14.9. The molecule has 15 heteroatoms. The van der Waals surface area contributed by atoms with Crippen LogP contribution >= 0.6 is 0 Å². The van der Waals surface area contributed by atoms with Crippen molar-refractivity contribution in [3.8, 4) is 0 Å². The van der Waals surface area contributed by atoms with Crippen molar-refractivity contribution in [1.82, 2.24) is 21.3 Å². The molecule has 9 N–H and O–H groups in total. The van der Waals surface area contributed by atoms with Gasteiger partial charge in [0.1, 0.15) is 24.2 Å². The fraction of sp³-hybridized carbons (Fsp3) is 0.682. The Bertz CT molecular complexity index is 863. The smallest absolute Gasteiger partial charge is 0.326 e. The maximum absolute atomic E-state index is 13.1. The Hall–Kier alpha value is -3.75. The van der Waals surface area contributed by atoms with Crippen molar-refractivity contribution in [3.05, 3.63) is 0 Å². The highest BCUT2D eigenvalue weighted by Gasteiger charge is 2.34. The molecule has 0 spiro atoms. The predicted molar refractivity (Wildman–Crippen MR) is 128 cm³/mol. The molecular formula is C22H37N5O10. The lowest BCUT2D eigenvalue weighted by atomic mass is 9.96. The summed E-state index contributed by atoms with van der Waals surface area (Å²) >= 11 is 0. The van der Waals surface area contributed by atoms with E-state index in [1.165, 1.54) is 13.8 Å². The van der Waals surface area contributed by atoms with Crippen LogP contribution in [0.15, 0.2) is 0 Å². The standard InChI is InChI=1S/C22H37N5O10/c1-5-11(4)18(27-19(33)12(6-7-15(29)30)24-14(28)9-23)21(35)25-13(8-16(31)32)20(34)26-17(10(2)3)22(36)37/h10-13,17-18H,5-9,23H2,1-4H3,(H,24,28)(H,25,35)(H,26,34)(H,27,33)(H,29,30)(H,31,32)(H,36,37)/t11-,12-,13-,17-,18-/m0/s1. The topological polar surface area (TPSA) is 254 Å². The average molecular weight is 532 g/mol. The van der Waals surface area contributed by atoms with Crippen molar-refractivity contribution < 1.29 is 48.9 Å². The molecule has 5 atom stereocenters. The number of carboxylic acid groups (broad SMARTS) is 3. The number of amides is 4. The summed E-state index contributed by atoms with van der Waals surface area (Å²) in [6.07, 6.45) is -1.27. The van der Waals surface area contributed by atoms with Gasteiger partial charge in [-0.05, 0) is 18.3 Å². The molecule has 0 bridgehead atoms. The third-order valence-corrected chi connectivity index (χ3v) is 5.52. The van der Waals surface area contributed by atoms with Gasteiger partial charge in [-0.3, -0.25) is 28.8 Å². The van der Waals surface area contributed by atoms with E-state index in [4.69, 9.17) is 10.8 Å². The number of rotatable bonds is 17. The molecule has 0 aliphatic rings. The summed E-state index contributed by atoms with van der Waals surface area (Å²) in [5.74, 6) is -8.67. The van der Waals surface area contributed by atoms with Crippen molar-refractivity contribution in [2.24, 2.45) is 17.6 Å². The minimum Gasteiger partial charge on any atom is -0.481 e. The zero-order valence-electron chi connectivity index (χ0n) is 21.3. The minimum atomic E-state index is -1.66. The van der Waals surface area contributed by atoms with Gasteiger partial charge >= 0.3 is 17.9 Å². The lowest BCUT2D eigenvalue weighted by Gasteiger charge is -2.28. The fourth-order valence-corrected chi connectivity index (χ4v) is 3.16. The molecule has 210 valence electrons. The monoisotopic (exact) mass is 531 g/mol. The summed E-state index contributed by atoms with van der Waals surface area (Å²) in [6.45, 7) is 5.90. The second-order valence-electron chi connectivity index (χ2n) is 8.86. The molecule has 0 aromatic rings. The van der Waals surface area contributed by atoms with Gasteiger partial charge in [-0.15, -0.1) is 0 Å². The Kier molecular flexibility index (Phi) is 14.5. The SMILES string of the molecule is CC[C@H](C)[C@H](NC(=O)[C@H](CCC(=O)O)NC(=O)CN)C(=O)N[C@@H](CC(=O)O)C(=O)N[C@H](C(=O)O)C(C)C. The van der Waals surface area contributed by atoms with Crippen LogP contribution in [0.4, 0.5) is 0 Å². The zero-order valence-corrected chi connectivity index (χ0v) is 21.3. The lowest BCUT2D eigenvalue weighted by Crippen LogP contribution is -2.60. The van der Waals surface area contributed by atoms with Crippen LogP contribution in [0.3, 0.4) is 0 Å². The maximum Gasteiger partial charge on any atom is 0.326 e. The summed E-state index contributed by atoms with van der Waals surface area (Å²) in [4.78, 5) is 84.0. The van der Waals surface area contributed by atoms with Gasteiger partial charge in [-0.1, -0.05) is 34.1 Å². The first kappa shape index (κ1) is 33.2. The molecule has 0 saturated carbocycles. The molecule has 37 heavy (non-hydrogen) atoms. The number of nitrogens with two attached hydrogens (primary N) is 1. The number of aliphatic carboxylic acids is 3.